The zero-order valence-corrected chi connectivity index (χ0v) is 12.5. The first-order chi connectivity index (χ1) is 10.2. The first-order valence-electron chi connectivity index (χ1n) is 7.11. The van der Waals surface area contributed by atoms with Crippen LogP contribution in [0, 0.1) is 0 Å². The van der Waals surface area contributed by atoms with Crippen LogP contribution >= 0.6 is 11.3 Å². The molecule has 5 heteroatoms. The van der Waals surface area contributed by atoms with Gasteiger partial charge in [-0.1, -0.05) is 0 Å². The number of hydrogen-bond donors (Lipinski definition) is 1. The third-order valence-electron chi connectivity index (χ3n) is 3.96. The van der Waals surface area contributed by atoms with E-state index in [-0.39, 0.29) is 11.9 Å². The van der Waals surface area contributed by atoms with Gasteiger partial charge in [0.05, 0.1) is 18.6 Å². The predicted octanol–water partition coefficient (Wildman–Crippen LogP) is 1.89. The lowest BCUT2D eigenvalue weighted by Gasteiger charge is -2.26. The fraction of sp³-hybridized carbons (Fsp3) is 0.375. The Morgan fingerprint density at radius 2 is 2.14 bits per heavy atom. The Morgan fingerprint density at radius 3 is 2.86 bits per heavy atom. The van der Waals surface area contributed by atoms with E-state index < -0.39 is 6.10 Å². The van der Waals surface area contributed by atoms with Crippen LogP contribution in [0.1, 0.15) is 17.5 Å². The summed E-state index contributed by atoms with van der Waals surface area (Å²) in [7, 11) is 0. The van der Waals surface area contributed by atoms with E-state index in [4.69, 9.17) is 0 Å². The van der Waals surface area contributed by atoms with Crippen LogP contribution in [0.25, 0.3) is 0 Å². The van der Waals surface area contributed by atoms with Gasteiger partial charge in [-0.2, -0.15) is 11.3 Å². The van der Waals surface area contributed by atoms with Gasteiger partial charge in [0.1, 0.15) is 0 Å². The van der Waals surface area contributed by atoms with E-state index in [0.29, 0.717) is 25.8 Å². The van der Waals surface area contributed by atoms with Gasteiger partial charge in [-0.15, -0.1) is 0 Å². The fourth-order valence-corrected chi connectivity index (χ4v) is 3.49. The van der Waals surface area contributed by atoms with Gasteiger partial charge in [-0.3, -0.25) is 9.78 Å². The third kappa shape index (κ3) is 3.31. The normalized spacial score (nSPS) is 21.7. The standard InChI is InChI=1S/C16H18N2O2S/c19-15-3-7-18(16(20)10-13-4-8-21-11-13)14(15)9-12-1-5-17-6-2-12/h1-2,4-6,8,11,14-15,19H,3,7,9-10H2/t14-,15-/m1/s1. The summed E-state index contributed by atoms with van der Waals surface area (Å²) in [5.74, 6) is 0.101. The van der Waals surface area contributed by atoms with E-state index in [0.717, 1.165) is 11.1 Å². The summed E-state index contributed by atoms with van der Waals surface area (Å²) in [6, 6.07) is 5.73. The zero-order chi connectivity index (χ0) is 14.7. The minimum absolute atomic E-state index is 0.101. The summed E-state index contributed by atoms with van der Waals surface area (Å²) >= 11 is 1.60. The van der Waals surface area contributed by atoms with Crippen molar-refractivity contribution in [2.24, 2.45) is 0 Å². The largest absolute Gasteiger partial charge is 0.391 e. The smallest absolute Gasteiger partial charge is 0.227 e. The Bertz CT molecular complexity index is 586. The Kier molecular flexibility index (Phi) is 4.31. The van der Waals surface area contributed by atoms with E-state index in [1.54, 1.807) is 23.7 Å². The molecule has 1 N–H and O–H groups in total. The van der Waals surface area contributed by atoms with Gasteiger partial charge >= 0.3 is 0 Å². The van der Waals surface area contributed by atoms with Crippen molar-refractivity contribution in [1.29, 1.82) is 0 Å². The number of aliphatic hydroxyl groups excluding tert-OH is 1. The molecule has 0 unspecified atom stereocenters. The number of aromatic nitrogens is 1. The number of amides is 1. The Balaban J connectivity index is 1.70. The third-order valence-corrected chi connectivity index (χ3v) is 4.69. The monoisotopic (exact) mass is 302 g/mol. The van der Waals surface area contributed by atoms with Crippen LogP contribution in [-0.2, 0) is 17.6 Å². The lowest BCUT2D eigenvalue weighted by Crippen LogP contribution is -2.41. The second kappa shape index (κ2) is 6.37. The molecular formula is C16H18N2O2S. The first kappa shape index (κ1) is 14.2. The van der Waals surface area contributed by atoms with Crippen LogP contribution in [0.3, 0.4) is 0 Å². The van der Waals surface area contributed by atoms with Crippen LogP contribution < -0.4 is 0 Å². The minimum atomic E-state index is -0.440. The average molecular weight is 302 g/mol. The van der Waals surface area contributed by atoms with Crippen LogP contribution in [0.4, 0.5) is 0 Å². The van der Waals surface area contributed by atoms with Gasteiger partial charge in [0, 0.05) is 18.9 Å². The lowest BCUT2D eigenvalue weighted by molar-refractivity contribution is -0.132. The molecule has 1 saturated heterocycles. The highest BCUT2D eigenvalue weighted by molar-refractivity contribution is 7.07. The van der Waals surface area contributed by atoms with Gasteiger partial charge in [0.15, 0.2) is 0 Å². The summed E-state index contributed by atoms with van der Waals surface area (Å²) in [4.78, 5) is 18.3. The number of carbonyl (C=O) groups excluding carboxylic acids is 1. The highest BCUT2D eigenvalue weighted by Crippen LogP contribution is 2.23. The fourth-order valence-electron chi connectivity index (χ4n) is 2.82. The summed E-state index contributed by atoms with van der Waals surface area (Å²) in [6.07, 6.45) is 4.81. The molecule has 0 aliphatic carbocycles. The molecule has 21 heavy (non-hydrogen) atoms. The molecule has 2 atom stereocenters. The maximum absolute atomic E-state index is 12.5. The number of likely N-dealkylation sites (tertiary alicyclic amines) is 1. The van der Waals surface area contributed by atoms with Crippen LogP contribution in [-0.4, -0.2) is 39.6 Å². The molecule has 0 spiro atoms. The van der Waals surface area contributed by atoms with Gasteiger partial charge in [0.25, 0.3) is 0 Å². The molecule has 1 fully saturated rings. The van der Waals surface area contributed by atoms with E-state index in [9.17, 15) is 9.90 Å². The Hall–Kier alpha value is -1.72. The number of hydrogen-bond acceptors (Lipinski definition) is 4. The molecule has 1 aliphatic rings. The molecule has 3 rings (SSSR count). The molecule has 0 radical (unpaired) electrons. The van der Waals surface area contributed by atoms with Crippen LogP contribution in [0.15, 0.2) is 41.4 Å². The van der Waals surface area contributed by atoms with Crippen LogP contribution in [0.2, 0.25) is 0 Å². The van der Waals surface area contributed by atoms with Crippen molar-refractivity contribution in [2.75, 3.05) is 6.54 Å². The molecule has 0 saturated carbocycles. The zero-order valence-electron chi connectivity index (χ0n) is 11.7. The highest BCUT2D eigenvalue weighted by atomic mass is 32.1. The second-order valence-corrected chi connectivity index (χ2v) is 6.16. The number of nitrogens with zero attached hydrogens (tertiary/aromatic N) is 2. The van der Waals surface area contributed by atoms with Gasteiger partial charge < -0.3 is 10.0 Å². The van der Waals surface area contributed by atoms with Crippen molar-refractivity contribution in [3.05, 3.63) is 52.5 Å². The van der Waals surface area contributed by atoms with Crippen molar-refractivity contribution < 1.29 is 9.90 Å². The molecule has 110 valence electrons. The van der Waals surface area contributed by atoms with Gasteiger partial charge in [0.2, 0.25) is 5.91 Å². The number of aliphatic hydroxyl groups is 1. The SMILES string of the molecule is O=C(Cc1ccsc1)N1CC[C@@H](O)[C@H]1Cc1ccncc1. The maximum atomic E-state index is 12.5. The summed E-state index contributed by atoms with van der Waals surface area (Å²) < 4.78 is 0. The number of rotatable bonds is 4. The average Bonchev–Trinajstić information content (AvgIpc) is 3.11. The van der Waals surface area contributed by atoms with E-state index >= 15 is 0 Å². The van der Waals surface area contributed by atoms with Crippen molar-refractivity contribution in [1.82, 2.24) is 9.88 Å². The number of carbonyl (C=O) groups is 1. The van der Waals surface area contributed by atoms with Crippen molar-refractivity contribution in [2.45, 2.75) is 31.4 Å². The summed E-state index contributed by atoms with van der Waals surface area (Å²) in [5, 5.41) is 14.2. The van der Waals surface area contributed by atoms with Crippen LogP contribution in [0.5, 0.6) is 0 Å². The van der Waals surface area contributed by atoms with E-state index in [1.807, 2.05) is 33.9 Å². The topological polar surface area (TPSA) is 53.4 Å². The Labute approximate surface area is 128 Å². The minimum Gasteiger partial charge on any atom is -0.391 e. The predicted molar refractivity (Wildman–Crippen MR) is 82.1 cm³/mol. The van der Waals surface area contributed by atoms with E-state index in [1.165, 1.54) is 0 Å². The maximum Gasteiger partial charge on any atom is 0.227 e. The molecular weight excluding hydrogens is 284 g/mol. The van der Waals surface area contributed by atoms with Crippen molar-refractivity contribution in [3.8, 4) is 0 Å². The highest BCUT2D eigenvalue weighted by Gasteiger charge is 2.35. The second-order valence-electron chi connectivity index (χ2n) is 5.38. The molecule has 1 amide bonds. The molecule has 4 nitrogen and oxygen atoms in total. The quantitative estimate of drug-likeness (QED) is 0.938. The summed E-state index contributed by atoms with van der Waals surface area (Å²) in [6.45, 7) is 0.639. The lowest BCUT2D eigenvalue weighted by atomic mass is 10.0. The molecule has 1 aliphatic heterocycles. The molecule has 0 aromatic carbocycles. The molecule has 2 aromatic heterocycles. The number of pyridine rings is 1. The van der Waals surface area contributed by atoms with E-state index in [2.05, 4.69) is 4.98 Å². The van der Waals surface area contributed by atoms with Crippen molar-refractivity contribution >= 4 is 17.2 Å². The molecule has 2 aromatic rings. The van der Waals surface area contributed by atoms with Crippen molar-refractivity contribution in [3.63, 3.8) is 0 Å². The van der Waals surface area contributed by atoms with Gasteiger partial charge in [-0.25, -0.2) is 0 Å². The Morgan fingerprint density at radius 1 is 1.33 bits per heavy atom. The summed E-state index contributed by atoms with van der Waals surface area (Å²) in [5.41, 5.74) is 2.15. The van der Waals surface area contributed by atoms with Gasteiger partial charge in [-0.05, 0) is 52.9 Å². The number of thiophene rings is 1. The molecule has 0 bridgehead atoms. The first-order valence-corrected chi connectivity index (χ1v) is 8.06. The molecule has 3 heterocycles.